The van der Waals surface area contributed by atoms with Crippen molar-refractivity contribution in [1.82, 2.24) is 0 Å². The molecule has 0 radical (unpaired) electrons. The molecule has 152 valence electrons. The molecule has 0 atom stereocenters. The van der Waals surface area contributed by atoms with Gasteiger partial charge in [0.15, 0.2) is 0 Å². The van der Waals surface area contributed by atoms with Crippen LogP contribution < -0.4 is 10.2 Å². The fourth-order valence-corrected chi connectivity index (χ4v) is 7.44. The van der Waals surface area contributed by atoms with Crippen molar-refractivity contribution in [3.8, 4) is 0 Å². The highest BCUT2D eigenvalue weighted by atomic mass is 35.5. The summed E-state index contributed by atoms with van der Waals surface area (Å²) in [4.78, 5) is 15.2. The number of piperidine rings is 1. The second kappa shape index (κ2) is 7.23. The highest BCUT2D eigenvalue weighted by Gasteiger charge is 2.51. The lowest BCUT2D eigenvalue weighted by Gasteiger charge is -2.56. The van der Waals surface area contributed by atoms with Crippen molar-refractivity contribution in [3.63, 3.8) is 0 Å². The van der Waals surface area contributed by atoms with Crippen LogP contribution in [0.4, 0.5) is 11.4 Å². The number of amides is 1. The quantitative estimate of drug-likeness (QED) is 0.660. The van der Waals surface area contributed by atoms with Crippen molar-refractivity contribution in [2.75, 3.05) is 23.3 Å². The topological polar surface area (TPSA) is 32.3 Å². The van der Waals surface area contributed by atoms with Gasteiger partial charge in [-0.15, -0.1) is 0 Å². The van der Waals surface area contributed by atoms with Crippen molar-refractivity contribution >= 4 is 28.9 Å². The van der Waals surface area contributed by atoms with Gasteiger partial charge in [0.05, 0.1) is 10.7 Å². The number of anilines is 2. The maximum absolute atomic E-state index is 12.9. The number of nitrogens with one attached hydrogen (secondary N) is 1. The summed E-state index contributed by atoms with van der Waals surface area (Å²) in [5.41, 5.74) is 2.23. The SMILES string of the molecule is CC1CCN(c2ccc(NC(=O)CC34CC5CC(CC(C5)C3)C4)cc2Cl)CC1. The Morgan fingerprint density at radius 3 is 2.29 bits per heavy atom. The third kappa shape index (κ3) is 3.67. The predicted molar refractivity (Wildman–Crippen MR) is 116 cm³/mol. The normalized spacial score (nSPS) is 34.6. The van der Waals surface area contributed by atoms with E-state index in [-0.39, 0.29) is 11.3 Å². The molecule has 5 aliphatic rings. The monoisotopic (exact) mass is 400 g/mol. The average molecular weight is 401 g/mol. The summed E-state index contributed by atoms with van der Waals surface area (Å²) in [5, 5.41) is 3.91. The Labute approximate surface area is 174 Å². The Bertz CT molecular complexity index is 718. The molecule has 6 rings (SSSR count). The number of hydrogen-bond donors (Lipinski definition) is 1. The second-order valence-corrected chi connectivity index (χ2v) is 10.9. The minimum Gasteiger partial charge on any atom is -0.370 e. The molecule has 1 heterocycles. The summed E-state index contributed by atoms with van der Waals surface area (Å²) in [6.07, 6.45) is 11.2. The molecule has 1 aromatic carbocycles. The molecular formula is C24H33ClN2O. The van der Waals surface area contributed by atoms with Crippen LogP contribution in [0.15, 0.2) is 18.2 Å². The van der Waals surface area contributed by atoms with E-state index in [4.69, 9.17) is 11.6 Å². The van der Waals surface area contributed by atoms with E-state index < -0.39 is 0 Å². The van der Waals surface area contributed by atoms with Crippen LogP contribution in [0, 0.1) is 29.1 Å². The predicted octanol–water partition coefficient (Wildman–Crippen LogP) is 6.12. The molecule has 1 saturated heterocycles. The largest absolute Gasteiger partial charge is 0.370 e. The zero-order valence-electron chi connectivity index (χ0n) is 17.1. The van der Waals surface area contributed by atoms with Gasteiger partial charge in [0.25, 0.3) is 0 Å². The number of hydrogen-bond acceptors (Lipinski definition) is 2. The minimum atomic E-state index is 0.178. The molecule has 0 unspecified atom stereocenters. The number of halogens is 1. The number of carbonyl (C=O) groups is 1. The summed E-state index contributed by atoms with van der Waals surface area (Å²) in [5.74, 6) is 3.65. The zero-order chi connectivity index (χ0) is 19.3. The van der Waals surface area contributed by atoms with E-state index in [1.54, 1.807) is 0 Å². The molecule has 4 heteroatoms. The minimum absolute atomic E-state index is 0.178. The number of benzene rings is 1. The van der Waals surface area contributed by atoms with Gasteiger partial charge in [0, 0.05) is 25.2 Å². The van der Waals surface area contributed by atoms with E-state index in [9.17, 15) is 4.79 Å². The van der Waals surface area contributed by atoms with Gasteiger partial charge >= 0.3 is 0 Å². The first kappa shape index (κ1) is 18.8. The molecule has 1 aromatic rings. The van der Waals surface area contributed by atoms with Crippen LogP contribution in [-0.4, -0.2) is 19.0 Å². The first-order valence-electron chi connectivity index (χ1n) is 11.3. The van der Waals surface area contributed by atoms with Gasteiger partial charge in [-0.2, -0.15) is 0 Å². The van der Waals surface area contributed by atoms with Gasteiger partial charge in [-0.1, -0.05) is 18.5 Å². The molecule has 1 amide bonds. The van der Waals surface area contributed by atoms with Gasteiger partial charge in [-0.25, -0.2) is 0 Å². The molecular weight excluding hydrogens is 368 g/mol. The molecule has 0 aromatic heterocycles. The molecule has 3 nitrogen and oxygen atoms in total. The maximum Gasteiger partial charge on any atom is 0.224 e. The van der Waals surface area contributed by atoms with Crippen LogP contribution in [0.3, 0.4) is 0 Å². The summed E-state index contributed by atoms with van der Waals surface area (Å²) < 4.78 is 0. The lowest BCUT2D eigenvalue weighted by atomic mass is 9.49. The van der Waals surface area contributed by atoms with Crippen molar-refractivity contribution in [2.24, 2.45) is 29.1 Å². The van der Waals surface area contributed by atoms with Crippen LogP contribution in [0.25, 0.3) is 0 Å². The van der Waals surface area contributed by atoms with E-state index >= 15 is 0 Å². The molecule has 5 fully saturated rings. The number of rotatable bonds is 4. The molecule has 1 aliphatic heterocycles. The standard InChI is InChI=1S/C24H33ClN2O/c1-16-4-6-27(7-5-16)22-3-2-20(11-21(22)25)26-23(28)15-24-12-17-8-18(13-24)10-19(9-17)14-24/h2-3,11,16-19H,4-10,12-15H2,1H3,(H,26,28). The maximum atomic E-state index is 12.9. The molecule has 4 saturated carbocycles. The number of carbonyl (C=O) groups excluding carboxylic acids is 1. The summed E-state index contributed by atoms with van der Waals surface area (Å²) in [6.45, 7) is 4.46. The molecule has 1 N–H and O–H groups in total. The lowest BCUT2D eigenvalue weighted by molar-refractivity contribution is -0.124. The third-order valence-corrected chi connectivity index (χ3v) is 8.36. The first-order valence-corrected chi connectivity index (χ1v) is 11.7. The number of nitrogens with zero attached hydrogens (tertiary/aromatic N) is 1. The highest BCUT2D eigenvalue weighted by Crippen LogP contribution is 2.61. The van der Waals surface area contributed by atoms with Crippen molar-refractivity contribution in [3.05, 3.63) is 23.2 Å². The van der Waals surface area contributed by atoms with Crippen LogP contribution in [0.5, 0.6) is 0 Å². The molecule has 0 spiro atoms. The van der Waals surface area contributed by atoms with E-state index in [2.05, 4.69) is 23.2 Å². The van der Waals surface area contributed by atoms with Gasteiger partial charge in [-0.05, 0) is 98.7 Å². The van der Waals surface area contributed by atoms with Crippen LogP contribution in [-0.2, 0) is 4.79 Å². The van der Waals surface area contributed by atoms with Crippen molar-refractivity contribution in [2.45, 2.75) is 64.7 Å². The van der Waals surface area contributed by atoms with E-state index in [0.717, 1.165) is 53.2 Å². The Morgan fingerprint density at radius 2 is 1.71 bits per heavy atom. The zero-order valence-corrected chi connectivity index (χ0v) is 17.8. The molecule has 28 heavy (non-hydrogen) atoms. The van der Waals surface area contributed by atoms with Gasteiger partial charge < -0.3 is 10.2 Å². The summed E-state index contributed by atoms with van der Waals surface area (Å²) in [7, 11) is 0. The Hall–Kier alpha value is -1.22. The fourth-order valence-electron chi connectivity index (χ4n) is 7.14. The van der Waals surface area contributed by atoms with Crippen molar-refractivity contribution < 1.29 is 4.79 Å². The third-order valence-electron chi connectivity index (χ3n) is 8.06. The van der Waals surface area contributed by atoms with E-state index in [1.165, 1.54) is 51.4 Å². The first-order chi connectivity index (χ1) is 13.5. The lowest BCUT2D eigenvalue weighted by Crippen LogP contribution is -2.47. The van der Waals surface area contributed by atoms with Crippen molar-refractivity contribution in [1.29, 1.82) is 0 Å². The molecule has 4 bridgehead atoms. The Balaban J connectivity index is 1.23. The van der Waals surface area contributed by atoms with Gasteiger partial charge in [0.2, 0.25) is 5.91 Å². The molecule has 4 aliphatic carbocycles. The summed E-state index contributed by atoms with van der Waals surface area (Å²) >= 11 is 6.59. The van der Waals surface area contributed by atoms with Crippen LogP contribution in [0.2, 0.25) is 5.02 Å². The van der Waals surface area contributed by atoms with Gasteiger partial charge in [-0.3, -0.25) is 4.79 Å². The second-order valence-electron chi connectivity index (χ2n) is 10.5. The highest BCUT2D eigenvalue weighted by molar-refractivity contribution is 6.33. The fraction of sp³-hybridized carbons (Fsp3) is 0.708. The summed E-state index contributed by atoms with van der Waals surface area (Å²) in [6, 6.07) is 6.04. The van der Waals surface area contributed by atoms with Crippen LogP contribution in [0.1, 0.15) is 64.7 Å². The van der Waals surface area contributed by atoms with E-state index in [1.807, 2.05) is 12.1 Å². The Kier molecular flexibility index (Phi) is 4.85. The smallest absolute Gasteiger partial charge is 0.224 e. The van der Waals surface area contributed by atoms with Gasteiger partial charge in [0.1, 0.15) is 0 Å². The van der Waals surface area contributed by atoms with E-state index in [0.29, 0.717) is 6.42 Å². The average Bonchev–Trinajstić information content (AvgIpc) is 2.61. The van der Waals surface area contributed by atoms with Crippen LogP contribution >= 0.6 is 11.6 Å². The Morgan fingerprint density at radius 1 is 1.11 bits per heavy atom.